The van der Waals surface area contributed by atoms with Crippen molar-refractivity contribution < 1.29 is 4.79 Å². The van der Waals surface area contributed by atoms with Crippen molar-refractivity contribution >= 4 is 5.78 Å². The molecule has 1 heteroatoms. The topological polar surface area (TPSA) is 17.1 Å². The summed E-state index contributed by atoms with van der Waals surface area (Å²) in [6, 6.07) is 0. The lowest BCUT2D eigenvalue weighted by molar-refractivity contribution is -0.111. The van der Waals surface area contributed by atoms with E-state index in [1.807, 2.05) is 31.2 Å². The second kappa shape index (κ2) is 4.41. The summed E-state index contributed by atoms with van der Waals surface area (Å²) in [6.07, 6.45) is 12.5. The Hall–Kier alpha value is -1.63. The first kappa shape index (κ1) is 9.46. The molecule has 0 saturated carbocycles. The third-order valence-corrected chi connectivity index (χ3v) is 1.69. The largest absolute Gasteiger partial charge is 0.289 e. The highest BCUT2D eigenvalue weighted by atomic mass is 16.1. The van der Waals surface area contributed by atoms with Gasteiger partial charge in [0.2, 0.25) is 0 Å². The molecule has 0 N–H and O–H groups in total. The molecule has 1 nitrogen and oxygen atoms in total. The highest BCUT2D eigenvalue weighted by molar-refractivity contribution is 6.08. The van der Waals surface area contributed by atoms with Crippen LogP contribution in [0.3, 0.4) is 0 Å². The Morgan fingerprint density at radius 2 is 2.15 bits per heavy atom. The normalized spacial score (nSPS) is 19.6. The quantitative estimate of drug-likeness (QED) is 0.626. The van der Waals surface area contributed by atoms with Crippen molar-refractivity contribution in [2.75, 3.05) is 0 Å². The summed E-state index contributed by atoms with van der Waals surface area (Å²) < 4.78 is 0. The van der Waals surface area contributed by atoms with Gasteiger partial charge in [-0.3, -0.25) is 4.79 Å². The van der Waals surface area contributed by atoms with Crippen LogP contribution in [0.15, 0.2) is 60.3 Å². The predicted octanol–water partition coefficient (Wildman–Crippen LogP) is 2.74. The zero-order valence-electron chi connectivity index (χ0n) is 7.66. The molecule has 0 fully saturated rings. The van der Waals surface area contributed by atoms with Crippen molar-refractivity contribution in [3.8, 4) is 0 Å². The van der Waals surface area contributed by atoms with Gasteiger partial charge in [0.1, 0.15) is 0 Å². The van der Waals surface area contributed by atoms with Crippen molar-refractivity contribution in [3.05, 3.63) is 60.3 Å². The summed E-state index contributed by atoms with van der Waals surface area (Å²) in [5.74, 6) is 0.0549. The van der Waals surface area contributed by atoms with Crippen LogP contribution in [0.5, 0.6) is 0 Å². The fraction of sp³-hybridized carbons (Fsp3) is 0.0833. The number of hydrogen-bond donors (Lipinski definition) is 0. The minimum absolute atomic E-state index is 0.0549. The Labute approximate surface area is 78.5 Å². The molecular formula is C12H12O. The third kappa shape index (κ3) is 2.41. The Bertz CT molecular complexity index is 338. The molecule has 0 aromatic heterocycles. The van der Waals surface area contributed by atoms with E-state index in [0.29, 0.717) is 0 Å². The van der Waals surface area contributed by atoms with Gasteiger partial charge in [-0.2, -0.15) is 0 Å². The van der Waals surface area contributed by atoms with Gasteiger partial charge in [-0.05, 0) is 24.6 Å². The third-order valence-electron chi connectivity index (χ3n) is 1.69. The summed E-state index contributed by atoms with van der Waals surface area (Å²) in [5, 5.41) is 0. The SMILES string of the molecule is C=C/C=C1\C=CC(=O)C(/C=C/C)=C1. The standard InChI is InChI=1S/C12H12O/c1-3-5-10-7-8-12(13)11(9-10)6-4-2/h3-9H,1H2,2H3/b6-4+,10-5+. The first-order valence-corrected chi connectivity index (χ1v) is 4.17. The summed E-state index contributed by atoms with van der Waals surface area (Å²) in [5.41, 5.74) is 1.72. The molecule has 13 heavy (non-hydrogen) atoms. The van der Waals surface area contributed by atoms with Gasteiger partial charge in [-0.25, -0.2) is 0 Å². The minimum atomic E-state index is 0.0549. The predicted molar refractivity (Wildman–Crippen MR) is 55.3 cm³/mol. The first-order chi connectivity index (χ1) is 6.27. The van der Waals surface area contributed by atoms with Gasteiger partial charge >= 0.3 is 0 Å². The van der Waals surface area contributed by atoms with Crippen LogP contribution in [0.2, 0.25) is 0 Å². The van der Waals surface area contributed by atoms with E-state index in [1.54, 1.807) is 18.2 Å². The lowest BCUT2D eigenvalue weighted by Gasteiger charge is -2.03. The summed E-state index contributed by atoms with van der Waals surface area (Å²) in [6.45, 7) is 5.49. The maximum Gasteiger partial charge on any atom is 0.185 e. The van der Waals surface area contributed by atoms with E-state index in [0.717, 1.165) is 11.1 Å². The molecule has 0 radical (unpaired) electrons. The van der Waals surface area contributed by atoms with E-state index in [9.17, 15) is 4.79 Å². The fourth-order valence-corrected chi connectivity index (χ4v) is 1.12. The van der Waals surface area contributed by atoms with E-state index >= 15 is 0 Å². The van der Waals surface area contributed by atoms with Crippen LogP contribution in [-0.4, -0.2) is 5.78 Å². The molecule has 1 aliphatic rings. The number of rotatable bonds is 2. The molecule has 0 bridgehead atoms. The van der Waals surface area contributed by atoms with E-state index in [1.165, 1.54) is 0 Å². The smallest absolute Gasteiger partial charge is 0.185 e. The summed E-state index contributed by atoms with van der Waals surface area (Å²) in [7, 11) is 0. The van der Waals surface area contributed by atoms with E-state index in [-0.39, 0.29) is 5.78 Å². The molecule has 1 rings (SSSR count). The maximum atomic E-state index is 11.3. The number of hydrogen-bond acceptors (Lipinski definition) is 1. The van der Waals surface area contributed by atoms with Gasteiger partial charge in [0.15, 0.2) is 5.78 Å². The van der Waals surface area contributed by atoms with Crippen LogP contribution < -0.4 is 0 Å². The molecule has 0 aromatic carbocycles. The first-order valence-electron chi connectivity index (χ1n) is 4.17. The van der Waals surface area contributed by atoms with Crippen molar-refractivity contribution in [2.45, 2.75) is 6.92 Å². The number of ketones is 1. The monoisotopic (exact) mass is 172 g/mol. The number of carbonyl (C=O) groups is 1. The second-order valence-corrected chi connectivity index (χ2v) is 2.70. The van der Waals surface area contributed by atoms with E-state index in [2.05, 4.69) is 6.58 Å². The molecule has 66 valence electrons. The molecule has 0 aliphatic heterocycles. The Balaban J connectivity index is 2.99. The van der Waals surface area contributed by atoms with Gasteiger partial charge < -0.3 is 0 Å². The Morgan fingerprint density at radius 1 is 1.38 bits per heavy atom. The van der Waals surface area contributed by atoms with Gasteiger partial charge in [0.05, 0.1) is 0 Å². The lowest BCUT2D eigenvalue weighted by Crippen LogP contribution is -2.00. The molecule has 1 aliphatic carbocycles. The molecule has 0 aromatic rings. The number of carbonyl (C=O) groups excluding carboxylic acids is 1. The fourth-order valence-electron chi connectivity index (χ4n) is 1.12. The van der Waals surface area contributed by atoms with Crippen LogP contribution in [0.4, 0.5) is 0 Å². The highest BCUT2D eigenvalue weighted by Crippen LogP contribution is 2.13. The van der Waals surface area contributed by atoms with Crippen molar-refractivity contribution in [3.63, 3.8) is 0 Å². The van der Waals surface area contributed by atoms with Crippen LogP contribution in [-0.2, 0) is 4.79 Å². The van der Waals surface area contributed by atoms with Crippen LogP contribution in [0, 0.1) is 0 Å². The van der Waals surface area contributed by atoms with Crippen molar-refractivity contribution in [1.82, 2.24) is 0 Å². The molecule has 0 spiro atoms. The van der Waals surface area contributed by atoms with Crippen molar-refractivity contribution in [1.29, 1.82) is 0 Å². The van der Waals surface area contributed by atoms with E-state index in [4.69, 9.17) is 0 Å². The summed E-state index contributed by atoms with van der Waals surface area (Å²) in [4.78, 5) is 11.3. The van der Waals surface area contributed by atoms with Crippen LogP contribution in [0.25, 0.3) is 0 Å². The van der Waals surface area contributed by atoms with Gasteiger partial charge in [0, 0.05) is 5.57 Å². The molecular weight excluding hydrogens is 160 g/mol. The van der Waals surface area contributed by atoms with Crippen molar-refractivity contribution in [2.24, 2.45) is 0 Å². The minimum Gasteiger partial charge on any atom is -0.289 e. The maximum absolute atomic E-state index is 11.3. The zero-order valence-corrected chi connectivity index (χ0v) is 7.66. The molecule has 0 amide bonds. The Kier molecular flexibility index (Phi) is 3.21. The Morgan fingerprint density at radius 3 is 2.77 bits per heavy atom. The van der Waals surface area contributed by atoms with Crippen LogP contribution >= 0.6 is 0 Å². The molecule has 0 heterocycles. The molecule has 0 saturated heterocycles. The summed E-state index contributed by atoms with van der Waals surface area (Å²) >= 11 is 0. The van der Waals surface area contributed by atoms with Gasteiger partial charge in [-0.15, -0.1) is 0 Å². The second-order valence-electron chi connectivity index (χ2n) is 2.70. The van der Waals surface area contributed by atoms with Gasteiger partial charge in [-0.1, -0.05) is 37.0 Å². The van der Waals surface area contributed by atoms with E-state index < -0.39 is 0 Å². The zero-order chi connectivity index (χ0) is 9.68. The highest BCUT2D eigenvalue weighted by Gasteiger charge is 2.06. The lowest BCUT2D eigenvalue weighted by atomic mass is 10.0. The van der Waals surface area contributed by atoms with Gasteiger partial charge in [0.25, 0.3) is 0 Å². The van der Waals surface area contributed by atoms with Crippen LogP contribution in [0.1, 0.15) is 6.92 Å². The molecule has 0 atom stereocenters. The number of allylic oxidation sites excluding steroid dienone is 9. The average molecular weight is 172 g/mol. The average Bonchev–Trinajstić information content (AvgIpc) is 2.12. The molecule has 0 unspecified atom stereocenters.